The molecule has 2 fully saturated rings. The number of aromatic nitrogens is 2. The van der Waals surface area contributed by atoms with E-state index in [2.05, 4.69) is 10.7 Å². The summed E-state index contributed by atoms with van der Waals surface area (Å²) >= 11 is 1.48. The molecule has 47 heavy (non-hydrogen) atoms. The number of nitrogens with zero attached hydrogens (tertiary/aromatic N) is 4. The van der Waals surface area contributed by atoms with Crippen molar-refractivity contribution in [3.05, 3.63) is 53.9 Å². The van der Waals surface area contributed by atoms with Crippen molar-refractivity contribution in [1.82, 2.24) is 30.6 Å². The number of hydrogen-bond donors (Lipinski definition) is 3. The number of carboxylic acid groups (broad SMARTS) is 1. The number of rotatable bonds is 5. The van der Waals surface area contributed by atoms with Crippen molar-refractivity contribution in [2.45, 2.75) is 76.2 Å². The molecule has 248 valence electrons. The number of amides is 4. The quantitative estimate of drug-likeness (QED) is 0.328. The summed E-state index contributed by atoms with van der Waals surface area (Å²) in [6.45, 7) is 5.30. The summed E-state index contributed by atoms with van der Waals surface area (Å²) in [7, 11) is 0. The Hall–Kier alpha value is -4.72. The lowest BCUT2D eigenvalue weighted by molar-refractivity contribution is -0.144. The van der Waals surface area contributed by atoms with Crippen molar-refractivity contribution < 1.29 is 33.8 Å². The zero-order valence-electron chi connectivity index (χ0n) is 26.5. The molecule has 3 aliphatic rings. The van der Waals surface area contributed by atoms with Crippen LogP contribution in [0, 0.1) is 5.92 Å². The Balaban J connectivity index is 1.32. The summed E-state index contributed by atoms with van der Waals surface area (Å²) in [5.41, 5.74) is 2.16. The minimum Gasteiger partial charge on any atom is -0.479 e. The average Bonchev–Trinajstić information content (AvgIpc) is 3.33. The molecule has 6 rings (SSSR count). The number of hydrogen-bond acceptors (Lipinski definition) is 9. The number of ether oxygens (including phenoxy) is 2. The maximum Gasteiger partial charge on any atom is 0.426 e. The second kappa shape index (κ2) is 12.8. The van der Waals surface area contributed by atoms with Gasteiger partial charge in [0.25, 0.3) is 0 Å². The molecule has 14 heteroatoms. The first kappa shape index (κ1) is 32.2. The first-order valence-corrected chi connectivity index (χ1v) is 16.6. The number of thiophene rings is 1. The van der Waals surface area contributed by atoms with Gasteiger partial charge in [0.1, 0.15) is 29.0 Å². The lowest BCUT2D eigenvalue weighted by Crippen LogP contribution is -2.58. The molecule has 1 saturated carbocycles. The highest BCUT2D eigenvalue weighted by Crippen LogP contribution is 2.45. The van der Waals surface area contributed by atoms with E-state index in [-0.39, 0.29) is 37.7 Å². The summed E-state index contributed by atoms with van der Waals surface area (Å²) in [6.07, 6.45) is 4.44. The minimum atomic E-state index is -1.45. The van der Waals surface area contributed by atoms with Gasteiger partial charge in [0.15, 0.2) is 0 Å². The predicted octanol–water partition coefficient (Wildman–Crippen LogP) is 4.74. The zero-order chi connectivity index (χ0) is 33.3. The normalized spacial score (nSPS) is 25.6. The molecule has 1 saturated heterocycles. The van der Waals surface area contributed by atoms with Gasteiger partial charge in [-0.15, -0.1) is 11.3 Å². The van der Waals surface area contributed by atoms with Crippen LogP contribution in [0.25, 0.3) is 21.6 Å². The molecule has 1 aliphatic carbocycles. The number of para-hydroxylation sites is 2. The van der Waals surface area contributed by atoms with E-state index in [1.54, 1.807) is 20.8 Å². The van der Waals surface area contributed by atoms with Crippen LogP contribution in [0.5, 0.6) is 5.88 Å². The van der Waals surface area contributed by atoms with Crippen LogP contribution in [0.15, 0.2) is 53.9 Å². The Morgan fingerprint density at radius 2 is 1.87 bits per heavy atom. The third kappa shape index (κ3) is 7.02. The van der Waals surface area contributed by atoms with Crippen LogP contribution in [0.4, 0.5) is 9.59 Å². The second-order valence-corrected chi connectivity index (χ2v) is 14.0. The molecule has 4 heterocycles. The standard InChI is InChI=1S/C33H38N6O7S/c1-32(2,3)46-30(43)37-39-15-9-5-4-6-11-20-18-33(20,29(41)42)36-27(40)24-17-21(19-38(24)31(39)44)45-28-26(25-14-10-16-47-25)34-22-12-7-8-13-23(22)35-28/h6-8,10-14,16,20-21,24H,4-5,9,15,17-19H2,1-3H3,(H,36,40)(H,37,43)(H,41,42)/b11-6-/t20-,21-,24+,33+/m1/s1. The first-order chi connectivity index (χ1) is 22.4. The molecule has 4 amide bonds. The van der Waals surface area contributed by atoms with Gasteiger partial charge >= 0.3 is 18.1 Å². The van der Waals surface area contributed by atoms with Crippen LogP contribution in [0.2, 0.25) is 0 Å². The van der Waals surface area contributed by atoms with Crippen molar-refractivity contribution in [3.8, 4) is 16.5 Å². The fraction of sp³-hybridized carbons (Fsp3) is 0.455. The van der Waals surface area contributed by atoms with Gasteiger partial charge < -0.3 is 24.8 Å². The van der Waals surface area contributed by atoms with Crippen LogP contribution in [-0.2, 0) is 14.3 Å². The van der Waals surface area contributed by atoms with Crippen molar-refractivity contribution in [2.24, 2.45) is 5.92 Å². The first-order valence-electron chi connectivity index (χ1n) is 15.7. The number of hydrazine groups is 1. The van der Waals surface area contributed by atoms with E-state index >= 15 is 0 Å². The molecule has 4 atom stereocenters. The highest BCUT2D eigenvalue weighted by Gasteiger charge is 2.61. The van der Waals surface area contributed by atoms with Gasteiger partial charge in [0, 0.05) is 18.9 Å². The highest BCUT2D eigenvalue weighted by molar-refractivity contribution is 7.13. The van der Waals surface area contributed by atoms with Crippen LogP contribution >= 0.6 is 11.3 Å². The van der Waals surface area contributed by atoms with Crippen molar-refractivity contribution in [3.63, 3.8) is 0 Å². The average molecular weight is 663 g/mol. The van der Waals surface area contributed by atoms with E-state index in [1.807, 2.05) is 53.9 Å². The monoisotopic (exact) mass is 662 g/mol. The largest absolute Gasteiger partial charge is 0.479 e. The fourth-order valence-corrected chi connectivity index (χ4v) is 6.67. The molecule has 0 bridgehead atoms. The number of nitrogens with one attached hydrogen (secondary N) is 2. The van der Waals surface area contributed by atoms with Gasteiger partial charge in [0.2, 0.25) is 11.8 Å². The number of urea groups is 1. The summed E-state index contributed by atoms with van der Waals surface area (Å²) in [5, 5.41) is 15.9. The number of carboxylic acids is 1. The van der Waals surface area contributed by atoms with Crippen LogP contribution in [0.1, 0.15) is 52.9 Å². The number of carbonyl (C=O) groups excluding carboxylic acids is 3. The molecule has 1 aromatic carbocycles. The molecule has 0 unspecified atom stereocenters. The number of benzene rings is 1. The summed E-state index contributed by atoms with van der Waals surface area (Å²) in [5.74, 6) is -1.83. The van der Waals surface area contributed by atoms with Gasteiger partial charge in [0.05, 0.1) is 22.5 Å². The molecule has 3 N–H and O–H groups in total. The molecular weight excluding hydrogens is 624 g/mol. The Morgan fingerprint density at radius 3 is 2.57 bits per heavy atom. The number of allylic oxidation sites excluding steroid dienone is 1. The van der Waals surface area contributed by atoms with Gasteiger partial charge in [-0.3, -0.25) is 4.79 Å². The topological polar surface area (TPSA) is 163 Å². The van der Waals surface area contributed by atoms with Gasteiger partial charge in [-0.25, -0.2) is 34.8 Å². The molecular formula is C33H38N6O7S. The second-order valence-electron chi connectivity index (χ2n) is 13.0. The molecule has 3 aromatic rings. The summed E-state index contributed by atoms with van der Waals surface area (Å²) in [6, 6.07) is 9.52. The van der Waals surface area contributed by atoms with Crippen LogP contribution in [0.3, 0.4) is 0 Å². The van der Waals surface area contributed by atoms with E-state index in [9.17, 15) is 24.3 Å². The van der Waals surface area contributed by atoms with E-state index in [1.165, 1.54) is 16.2 Å². The van der Waals surface area contributed by atoms with Crippen molar-refractivity contribution in [1.29, 1.82) is 0 Å². The summed E-state index contributed by atoms with van der Waals surface area (Å²) in [4.78, 5) is 65.0. The zero-order valence-corrected chi connectivity index (χ0v) is 27.3. The Labute approximate surface area is 275 Å². The van der Waals surface area contributed by atoms with Gasteiger partial charge in [-0.1, -0.05) is 30.4 Å². The fourth-order valence-electron chi connectivity index (χ4n) is 5.97. The Bertz CT molecular complexity index is 1710. The maximum atomic E-state index is 14.2. The van der Waals surface area contributed by atoms with E-state index in [4.69, 9.17) is 19.4 Å². The van der Waals surface area contributed by atoms with Crippen molar-refractivity contribution >= 4 is 46.4 Å². The maximum absolute atomic E-state index is 14.2. The minimum absolute atomic E-state index is 0.0226. The van der Waals surface area contributed by atoms with Crippen LogP contribution < -0.4 is 15.5 Å². The molecule has 0 spiro atoms. The predicted molar refractivity (Wildman–Crippen MR) is 173 cm³/mol. The molecule has 2 aromatic heterocycles. The Morgan fingerprint density at radius 1 is 1.11 bits per heavy atom. The highest BCUT2D eigenvalue weighted by atomic mass is 32.1. The van der Waals surface area contributed by atoms with Crippen LogP contribution in [-0.4, -0.2) is 85.4 Å². The lowest BCUT2D eigenvalue weighted by Gasteiger charge is -2.32. The smallest absolute Gasteiger partial charge is 0.426 e. The van der Waals surface area contributed by atoms with E-state index in [0.29, 0.717) is 36.0 Å². The van der Waals surface area contributed by atoms with E-state index in [0.717, 1.165) is 9.89 Å². The lowest BCUT2D eigenvalue weighted by atomic mass is 10.1. The van der Waals surface area contributed by atoms with Gasteiger partial charge in [-0.2, -0.15) is 0 Å². The molecule has 0 radical (unpaired) electrons. The Kier molecular flexibility index (Phi) is 8.79. The number of carbonyl (C=O) groups is 4. The van der Waals surface area contributed by atoms with Gasteiger partial charge in [-0.05, 0) is 70.0 Å². The molecule has 13 nitrogen and oxygen atoms in total. The third-order valence-corrected chi connectivity index (χ3v) is 9.23. The SMILES string of the molecule is CC(C)(C)OC(=O)NN1CCCC/C=C\[C@@H]2C[C@]2(C(=O)O)NC(=O)[C@@H]2C[C@@H](Oc3nc4ccccc4nc3-c3cccs3)CN2C1=O. The van der Waals surface area contributed by atoms with E-state index < -0.39 is 47.3 Å². The number of aliphatic carboxylic acids is 1. The summed E-state index contributed by atoms with van der Waals surface area (Å²) < 4.78 is 11.9. The molecule has 2 aliphatic heterocycles. The number of fused-ring (bicyclic) bond motifs is 3. The van der Waals surface area contributed by atoms with Crippen molar-refractivity contribution in [2.75, 3.05) is 13.1 Å². The third-order valence-electron chi connectivity index (χ3n) is 8.35.